The first-order chi connectivity index (χ1) is 12.2. The number of furan rings is 1. The Morgan fingerprint density at radius 2 is 2.20 bits per heavy atom. The second-order valence-electron chi connectivity index (χ2n) is 5.44. The van der Waals surface area contributed by atoms with Crippen LogP contribution < -0.4 is 10.1 Å². The van der Waals surface area contributed by atoms with Crippen molar-refractivity contribution in [2.24, 2.45) is 0 Å². The van der Waals surface area contributed by atoms with Gasteiger partial charge < -0.3 is 14.5 Å². The number of rotatable bonds is 4. The molecule has 1 atom stereocenters. The third kappa shape index (κ3) is 3.36. The monoisotopic (exact) mass is 418 g/mol. The fourth-order valence-electron chi connectivity index (χ4n) is 2.49. The van der Waals surface area contributed by atoms with Gasteiger partial charge in [-0.05, 0) is 36.8 Å². The zero-order valence-corrected chi connectivity index (χ0v) is 15.8. The highest BCUT2D eigenvalue weighted by Crippen LogP contribution is 2.40. The van der Waals surface area contributed by atoms with E-state index in [1.807, 2.05) is 30.3 Å². The Bertz CT molecular complexity index is 888. The van der Waals surface area contributed by atoms with Crippen molar-refractivity contribution in [3.63, 3.8) is 0 Å². The molecule has 0 aliphatic carbocycles. The summed E-state index contributed by atoms with van der Waals surface area (Å²) in [6.45, 7) is 2.12. The van der Waals surface area contributed by atoms with Crippen LogP contribution in [0.1, 0.15) is 25.3 Å². The van der Waals surface area contributed by atoms with E-state index in [4.69, 9.17) is 9.15 Å². The lowest BCUT2D eigenvalue weighted by Crippen LogP contribution is -2.16. The van der Waals surface area contributed by atoms with Crippen LogP contribution >= 0.6 is 27.7 Å². The first-order valence-electron chi connectivity index (χ1n) is 7.88. The van der Waals surface area contributed by atoms with E-state index in [9.17, 15) is 0 Å². The highest BCUT2D eigenvalue weighted by molar-refractivity contribution is 9.10. The van der Waals surface area contributed by atoms with Gasteiger partial charge in [-0.2, -0.15) is 4.98 Å². The number of halogens is 1. The van der Waals surface area contributed by atoms with Crippen LogP contribution in [0, 0.1) is 0 Å². The van der Waals surface area contributed by atoms with Gasteiger partial charge in [-0.25, -0.2) is 0 Å². The second-order valence-corrected chi connectivity index (χ2v) is 7.42. The van der Waals surface area contributed by atoms with E-state index >= 15 is 0 Å². The molecule has 2 aromatic heterocycles. The van der Waals surface area contributed by atoms with Crippen LogP contribution in [-0.4, -0.2) is 20.9 Å². The van der Waals surface area contributed by atoms with E-state index in [0.717, 1.165) is 27.9 Å². The molecule has 0 fully saturated rings. The third-order valence-corrected chi connectivity index (χ3v) is 5.16. The molecule has 4 rings (SSSR count). The van der Waals surface area contributed by atoms with Crippen molar-refractivity contribution in [2.45, 2.75) is 24.7 Å². The minimum Gasteiger partial charge on any atom is -0.463 e. The molecule has 25 heavy (non-hydrogen) atoms. The molecule has 0 saturated carbocycles. The van der Waals surface area contributed by atoms with Gasteiger partial charge in [0.05, 0.1) is 6.26 Å². The molecule has 1 aliphatic rings. The Balaban J connectivity index is 1.81. The van der Waals surface area contributed by atoms with Gasteiger partial charge in [0.25, 0.3) is 0 Å². The quantitative estimate of drug-likeness (QED) is 0.603. The summed E-state index contributed by atoms with van der Waals surface area (Å²) in [5.74, 6) is 2.05. The molecule has 3 aromatic rings. The molecule has 0 radical (unpaired) electrons. The fourth-order valence-corrected chi connectivity index (χ4v) is 3.49. The fraction of sp³-hybridized carbons (Fsp3) is 0.235. The lowest BCUT2D eigenvalue weighted by Gasteiger charge is -2.16. The first-order valence-corrected chi connectivity index (χ1v) is 9.66. The molecular weight excluding hydrogens is 404 g/mol. The van der Waals surface area contributed by atoms with Crippen molar-refractivity contribution in [2.75, 3.05) is 11.1 Å². The van der Waals surface area contributed by atoms with Gasteiger partial charge in [0.15, 0.2) is 11.5 Å². The average Bonchev–Trinajstić information content (AvgIpc) is 3.10. The summed E-state index contributed by atoms with van der Waals surface area (Å²) >= 11 is 5.08. The van der Waals surface area contributed by atoms with Crippen molar-refractivity contribution < 1.29 is 9.15 Å². The largest absolute Gasteiger partial charge is 0.463 e. The Morgan fingerprint density at radius 1 is 1.28 bits per heavy atom. The Labute approximate surface area is 157 Å². The lowest BCUT2D eigenvalue weighted by molar-refractivity contribution is 0.195. The van der Waals surface area contributed by atoms with E-state index < -0.39 is 6.23 Å². The highest BCUT2D eigenvalue weighted by Gasteiger charge is 2.27. The molecule has 128 valence electrons. The highest BCUT2D eigenvalue weighted by atomic mass is 79.9. The summed E-state index contributed by atoms with van der Waals surface area (Å²) in [6, 6.07) is 9.60. The molecule has 1 aliphatic heterocycles. The number of hydrogen-bond acceptors (Lipinski definition) is 7. The number of thioether (sulfide) groups is 1. The van der Waals surface area contributed by atoms with Crippen LogP contribution in [0.5, 0.6) is 5.88 Å². The molecule has 1 N–H and O–H groups in total. The molecule has 0 spiro atoms. The van der Waals surface area contributed by atoms with Gasteiger partial charge in [0, 0.05) is 21.5 Å². The first kappa shape index (κ1) is 16.4. The van der Waals surface area contributed by atoms with Gasteiger partial charge in [0.1, 0.15) is 0 Å². The van der Waals surface area contributed by atoms with Crippen LogP contribution in [-0.2, 0) is 0 Å². The standard InChI is InChI=1S/C17H15BrN4O2S/c1-2-8-25-17-20-16-14(21-22-17)11-9-10(18)5-6-12(11)19-15(24-16)13-4-3-7-23-13/h3-7,9,15,19H,2,8H2,1H3/t15-/m1/s1. The number of aromatic nitrogens is 3. The Kier molecular flexibility index (Phi) is 4.63. The normalized spacial score (nSPS) is 15.5. The zero-order valence-electron chi connectivity index (χ0n) is 13.4. The van der Waals surface area contributed by atoms with Crippen LogP contribution in [0.4, 0.5) is 5.69 Å². The summed E-state index contributed by atoms with van der Waals surface area (Å²) in [5, 5.41) is 12.6. The maximum Gasteiger partial charge on any atom is 0.247 e. The maximum absolute atomic E-state index is 6.10. The summed E-state index contributed by atoms with van der Waals surface area (Å²) in [7, 11) is 0. The second kappa shape index (κ2) is 7.05. The van der Waals surface area contributed by atoms with Gasteiger partial charge in [-0.3, -0.25) is 0 Å². The van der Waals surface area contributed by atoms with Crippen LogP contribution in [0.2, 0.25) is 0 Å². The predicted molar refractivity (Wildman–Crippen MR) is 99.7 cm³/mol. The zero-order chi connectivity index (χ0) is 17.2. The van der Waals surface area contributed by atoms with Crippen LogP contribution in [0.25, 0.3) is 11.3 Å². The van der Waals surface area contributed by atoms with Gasteiger partial charge in [-0.15, -0.1) is 10.2 Å². The van der Waals surface area contributed by atoms with E-state index in [1.165, 1.54) is 0 Å². The number of nitrogens with zero attached hydrogens (tertiary/aromatic N) is 3. The summed E-state index contributed by atoms with van der Waals surface area (Å²) in [4.78, 5) is 4.57. The Morgan fingerprint density at radius 3 is 3.00 bits per heavy atom. The number of hydrogen-bond donors (Lipinski definition) is 1. The number of fused-ring (bicyclic) bond motifs is 3. The van der Waals surface area contributed by atoms with Crippen molar-refractivity contribution in [3.8, 4) is 17.1 Å². The topological polar surface area (TPSA) is 73.1 Å². The SMILES string of the molecule is CCCSc1nnc2c(n1)O[C@H](c1ccco1)Nc1ccc(Br)cc1-2. The minimum absolute atomic E-state index is 0.444. The van der Waals surface area contributed by atoms with Crippen molar-refractivity contribution in [3.05, 3.63) is 46.8 Å². The summed E-state index contributed by atoms with van der Waals surface area (Å²) in [5.41, 5.74) is 2.37. The maximum atomic E-state index is 6.10. The van der Waals surface area contributed by atoms with Crippen LogP contribution in [0.15, 0.2) is 50.6 Å². The Hall–Kier alpha value is -2.06. The molecule has 6 nitrogen and oxygen atoms in total. The lowest BCUT2D eigenvalue weighted by atomic mass is 10.1. The van der Waals surface area contributed by atoms with E-state index in [2.05, 4.69) is 43.4 Å². The average molecular weight is 419 g/mol. The van der Waals surface area contributed by atoms with Gasteiger partial charge >= 0.3 is 0 Å². The van der Waals surface area contributed by atoms with Crippen LogP contribution in [0.3, 0.4) is 0 Å². The number of ether oxygens (including phenoxy) is 1. The third-order valence-electron chi connectivity index (χ3n) is 3.63. The van der Waals surface area contributed by atoms with Crippen molar-refractivity contribution in [1.82, 2.24) is 15.2 Å². The predicted octanol–water partition coefficient (Wildman–Crippen LogP) is 4.90. The molecule has 8 heteroatoms. The smallest absolute Gasteiger partial charge is 0.247 e. The van der Waals surface area contributed by atoms with E-state index in [-0.39, 0.29) is 0 Å². The van der Waals surface area contributed by atoms with E-state index in [1.54, 1.807) is 18.0 Å². The molecule has 3 heterocycles. The summed E-state index contributed by atoms with van der Waals surface area (Å²) in [6.07, 6.45) is 2.17. The minimum atomic E-state index is -0.489. The number of nitrogens with one attached hydrogen (secondary N) is 1. The van der Waals surface area contributed by atoms with Crippen molar-refractivity contribution in [1.29, 1.82) is 0 Å². The molecule has 0 bridgehead atoms. The molecule has 0 unspecified atom stereocenters. The molecule has 1 aromatic carbocycles. The summed E-state index contributed by atoms with van der Waals surface area (Å²) < 4.78 is 12.6. The van der Waals surface area contributed by atoms with Gasteiger partial charge in [-0.1, -0.05) is 34.6 Å². The van der Waals surface area contributed by atoms with E-state index in [0.29, 0.717) is 22.5 Å². The molecule has 0 amide bonds. The number of benzene rings is 1. The molecular formula is C17H15BrN4O2S. The van der Waals surface area contributed by atoms with Crippen molar-refractivity contribution >= 4 is 33.4 Å². The number of anilines is 1. The molecule has 0 saturated heterocycles. The van der Waals surface area contributed by atoms with Gasteiger partial charge in [0.2, 0.25) is 17.3 Å².